The molecular formula is C52H46N2S. The van der Waals surface area contributed by atoms with Crippen molar-refractivity contribution in [1.29, 1.82) is 0 Å². The Bertz CT molecular complexity index is 2590. The third-order valence-electron chi connectivity index (χ3n) is 14.7. The maximum absolute atomic E-state index is 5.40. The Kier molecular flexibility index (Phi) is 7.19. The van der Waals surface area contributed by atoms with Crippen molar-refractivity contribution in [3.8, 4) is 11.1 Å². The monoisotopic (exact) mass is 730 g/mol. The van der Waals surface area contributed by atoms with Gasteiger partial charge in [0.15, 0.2) is 0 Å². The molecule has 6 aromatic rings. The van der Waals surface area contributed by atoms with Gasteiger partial charge >= 0.3 is 0 Å². The van der Waals surface area contributed by atoms with Crippen molar-refractivity contribution in [2.75, 3.05) is 5.32 Å². The maximum atomic E-state index is 5.40. The molecule has 1 N–H and O–H groups in total. The van der Waals surface area contributed by atoms with Crippen molar-refractivity contribution in [3.05, 3.63) is 178 Å². The number of nitrogens with one attached hydrogen (secondary N) is 1. The van der Waals surface area contributed by atoms with E-state index in [1.807, 2.05) is 11.3 Å². The average molecular weight is 731 g/mol. The number of hydrogen-bond donors (Lipinski definition) is 1. The first-order valence-electron chi connectivity index (χ1n) is 20.9. The van der Waals surface area contributed by atoms with Gasteiger partial charge in [-0.15, -0.1) is 11.3 Å². The topological polar surface area (TPSA) is 24.4 Å². The van der Waals surface area contributed by atoms with E-state index >= 15 is 0 Å². The highest BCUT2D eigenvalue weighted by Gasteiger charge is 2.55. The Labute approximate surface area is 328 Å². The highest BCUT2D eigenvalue weighted by atomic mass is 32.1. The number of hydrogen-bond acceptors (Lipinski definition) is 3. The standard InChI is InChI=1S/C52H46N2S/c1-4-14-34(15-5-1)48-47-38-17-7-9-19-46(38)55-50(47)54-49(53-48)35-22-20-33(21-23-35)36-24-25-43-39(30-36)41-32-44-40(31-45(41)52(43)28-12-3-13-29-52)37-16-6-8-18-42(37)51(44)26-10-2-11-27-51/h1,4-9,14-25,30-32,40,44,48H,2-3,10-13,26-29H2,(H,53,54). The molecule has 0 amide bonds. The molecule has 2 fully saturated rings. The van der Waals surface area contributed by atoms with E-state index in [1.54, 1.807) is 27.8 Å². The molecule has 0 saturated heterocycles. The smallest absolute Gasteiger partial charge is 0.134 e. The molecule has 3 heteroatoms. The van der Waals surface area contributed by atoms with E-state index in [0.29, 0.717) is 11.8 Å². The highest BCUT2D eigenvalue weighted by Crippen LogP contribution is 2.66. The Balaban J connectivity index is 0.931. The van der Waals surface area contributed by atoms with Crippen molar-refractivity contribution < 1.29 is 0 Å². The lowest BCUT2D eigenvalue weighted by Crippen LogP contribution is -2.35. The molecule has 3 atom stereocenters. The van der Waals surface area contributed by atoms with Crippen LogP contribution in [-0.4, -0.2) is 5.84 Å². The van der Waals surface area contributed by atoms with Crippen LogP contribution in [0.4, 0.5) is 5.00 Å². The summed E-state index contributed by atoms with van der Waals surface area (Å²) in [5, 5.41) is 6.26. The lowest BCUT2D eigenvalue weighted by Gasteiger charge is -2.43. The van der Waals surface area contributed by atoms with Crippen molar-refractivity contribution >= 4 is 37.8 Å². The SMILES string of the molecule is C1=C2C(=CC3c4ccccc4C4(CCCCC4)C13)C1(CCCCC1)c1ccc(-c3ccc(C4=NC(c5ccccc5)c5c(sc6ccccc56)N4)cc3)cc12. The number of aliphatic imine (C=N–C) groups is 1. The first-order valence-corrected chi connectivity index (χ1v) is 21.7. The molecule has 3 unspecified atom stereocenters. The summed E-state index contributed by atoms with van der Waals surface area (Å²) in [5.41, 5.74) is 16.3. The van der Waals surface area contributed by atoms with Crippen LogP contribution in [0.1, 0.15) is 115 Å². The lowest BCUT2D eigenvalue weighted by atomic mass is 9.61. The molecule has 2 spiro atoms. The fourth-order valence-electron chi connectivity index (χ4n) is 12.2. The number of thiophene rings is 1. The number of amidine groups is 1. The minimum atomic E-state index is -0.0434. The van der Waals surface area contributed by atoms with Gasteiger partial charge in [0.2, 0.25) is 0 Å². The Morgan fingerprint density at radius 1 is 0.618 bits per heavy atom. The predicted molar refractivity (Wildman–Crippen MR) is 230 cm³/mol. The number of nitrogens with zero attached hydrogens (tertiary/aromatic N) is 1. The summed E-state index contributed by atoms with van der Waals surface area (Å²) in [6, 6.07) is 45.8. The second-order valence-corrected chi connectivity index (χ2v) is 18.3. The molecule has 1 aromatic heterocycles. The second kappa shape index (κ2) is 12.3. The van der Waals surface area contributed by atoms with Crippen molar-refractivity contribution in [2.45, 2.75) is 87.0 Å². The predicted octanol–water partition coefficient (Wildman–Crippen LogP) is 13.7. The van der Waals surface area contributed by atoms with Gasteiger partial charge < -0.3 is 5.32 Å². The molecule has 5 aliphatic carbocycles. The Hall–Kier alpha value is -4.99. The van der Waals surface area contributed by atoms with Crippen LogP contribution in [0, 0.1) is 5.92 Å². The normalized spacial score (nSPS) is 23.9. The van der Waals surface area contributed by atoms with Crippen LogP contribution in [0.15, 0.2) is 144 Å². The highest BCUT2D eigenvalue weighted by molar-refractivity contribution is 7.23. The molecule has 0 bridgehead atoms. The zero-order valence-corrected chi connectivity index (χ0v) is 32.2. The molecule has 12 rings (SSSR count). The Morgan fingerprint density at radius 3 is 2.16 bits per heavy atom. The minimum absolute atomic E-state index is 0.0434. The van der Waals surface area contributed by atoms with Crippen LogP contribution in [0.2, 0.25) is 0 Å². The van der Waals surface area contributed by atoms with Crippen LogP contribution in [0.3, 0.4) is 0 Å². The molecule has 1 aliphatic heterocycles. The molecule has 0 radical (unpaired) electrons. The second-order valence-electron chi connectivity index (χ2n) is 17.3. The molecule has 5 aromatic carbocycles. The third kappa shape index (κ3) is 4.69. The summed E-state index contributed by atoms with van der Waals surface area (Å²) < 4.78 is 1.30. The molecule has 2 saturated carbocycles. The number of rotatable bonds is 3. The number of benzene rings is 5. The maximum Gasteiger partial charge on any atom is 0.134 e. The van der Waals surface area contributed by atoms with E-state index in [-0.39, 0.29) is 16.9 Å². The summed E-state index contributed by atoms with van der Waals surface area (Å²) in [6.07, 6.45) is 19.0. The number of anilines is 1. The van der Waals surface area contributed by atoms with Gasteiger partial charge in [-0.25, -0.2) is 0 Å². The van der Waals surface area contributed by atoms with Gasteiger partial charge in [0, 0.05) is 38.0 Å². The fourth-order valence-corrected chi connectivity index (χ4v) is 13.3. The summed E-state index contributed by atoms with van der Waals surface area (Å²) in [6.45, 7) is 0. The Morgan fingerprint density at radius 2 is 1.33 bits per heavy atom. The zero-order chi connectivity index (χ0) is 36.1. The molecule has 270 valence electrons. The molecular weight excluding hydrogens is 685 g/mol. The van der Waals surface area contributed by atoms with Crippen molar-refractivity contribution in [2.24, 2.45) is 10.9 Å². The quantitative estimate of drug-likeness (QED) is 0.193. The van der Waals surface area contributed by atoms with Crippen LogP contribution >= 0.6 is 11.3 Å². The third-order valence-corrected chi connectivity index (χ3v) is 15.8. The summed E-state index contributed by atoms with van der Waals surface area (Å²) in [5.74, 6) is 2.01. The summed E-state index contributed by atoms with van der Waals surface area (Å²) >= 11 is 1.83. The van der Waals surface area contributed by atoms with Crippen LogP contribution in [0.25, 0.3) is 26.8 Å². The van der Waals surface area contributed by atoms with Gasteiger partial charge in [-0.2, -0.15) is 0 Å². The van der Waals surface area contributed by atoms with Gasteiger partial charge in [-0.3, -0.25) is 4.99 Å². The van der Waals surface area contributed by atoms with Crippen LogP contribution in [0.5, 0.6) is 0 Å². The van der Waals surface area contributed by atoms with Crippen molar-refractivity contribution in [3.63, 3.8) is 0 Å². The average Bonchev–Trinajstić information content (AvgIpc) is 3.85. The van der Waals surface area contributed by atoms with Crippen LogP contribution in [-0.2, 0) is 10.8 Å². The number of allylic oxidation sites excluding steroid dienone is 4. The van der Waals surface area contributed by atoms with Gasteiger partial charge in [-0.05, 0) is 93.8 Å². The van der Waals surface area contributed by atoms with E-state index < -0.39 is 0 Å². The first kappa shape index (κ1) is 32.3. The molecule has 2 heterocycles. The van der Waals surface area contributed by atoms with Gasteiger partial charge in [0.05, 0.1) is 0 Å². The van der Waals surface area contributed by atoms with E-state index in [4.69, 9.17) is 4.99 Å². The van der Waals surface area contributed by atoms with E-state index in [0.717, 1.165) is 11.4 Å². The van der Waals surface area contributed by atoms with E-state index in [2.05, 4.69) is 139 Å². The summed E-state index contributed by atoms with van der Waals surface area (Å²) in [7, 11) is 0. The summed E-state index contributed by atoms with van der Waals surface area (Å²) in [4.78, 5) is 5.40. The van der Waals surface area contributed by atoms with E-state index in [9.17, 15) is 0 Å². The molecule has 2 nitrogen and oxygen atoms in total. The van der Waals surface area contributed by atoms with E-state index in [1.165, 1.54) is 107 Å². The van der Waals surface area contributed by atoms with Gasteiger partial charge in [-0.1, -0.05) is 160 Å². The number of fused-ring (bicyclic) bond motifs is 13. The molecule has 6 aliphatic rings. The van der Waals surface area contributed by atoms with Gasteiger partial charge in [0.1, 0.15) is 16.9 Å². The fraction of sp³-hybridized carbons (Fsp3) is 0.288. The van der Waals surface area contributed by atoms with Crippen LogP contribution < -0.4 is 5.32 Å². The largest absolute Gasteiger partial charge is 0.331 e. The van der Waals surface area contributed by atoms with Crippen molar-refractivity contribution in [1.82, 2.24) is 0 Å². The zero-order valence-electron chi connectivity index (χ0n) is 31.4. The lowest BCUT2D eigenvalue weighted by molar-refractivity contribution is 0.232. The first-order chi connectivity index (χ1) is 27.2. The van der Waals surface area contributed by atoms with Gasteiger partial charge in [0.25, 0.3) is 0 Å². The molecule has 55 heavy (non-hydrogen) atoms. The minimum Gasteiger partial charge on any atom is -0.331 e.